The number of aliphatic carboxylic acids is 2. The van der Waals surface area contributed by atoms with Gasteiger partial charge < -0.3 is 25.0 Å². The summed E-state index contributed by atoms with van der Waals surface area (Å²) in [5, 5.41) is 18.2. The molecule has 8 nitrogen and oxygen atoms in total. The van der Waals surface area contributed by atoms with Gasteiger partial charge in [-0.1, -0.05) is 11.6 Å². The molecule has 1 amide bonds. The first kappa shape index (κ1) is 20.7. The number of carboxylic acid groups (broad SMARTS) is 2. The van der Waals surface area contributed by atoms with E-state index in [0.29, 0.717) is 17.4 Å². The van der Waals surface area contributed by atoms with Gasteiger partial charge in [0, 0.05) is 18.2 Å². The quantitative estimate of drug-likeness (QED) is 0.657. The lowest BCUT2D eigenvalue weighted by Gasteiger charge is -2.13. The summed E-state index contributed by atoms with van der Waals surface area (Å²) in [4.78, 5) is 29.6. The molecule has 1 aromatic carbocycles. The Kier molecular flexibility index (Phi) is 10.1. The Labute approximate surface area is 138 Å². The average molecular weight is 348 g/mol. The van der Waals surface area contributed by atoms with Gasteiger partial charge in [0.1, 0.15) is 5.75 Å². The third kappa shape index (κ3) is 11.0. The van der Waals surface area contributed by atoms with Crippen LogP contribution in [0.4, 0.5) is 0 Å². The van der Waals surface area contributed by atoms with Crippen LogP contribution in [0.3, 0.4) is 0 Å². The van der Waals surface area contributed by atoms with Gasteiger partial charge in [0.15, 0.2) is 6.61 Å². The number of rotatable bonds is 6. The molecule has 0 aliphatic carbocycles. The second kappa shape index (κ2) is 11.3. The molecule has 0 aromatic heterocycles. The third-order valence-corrected chi connectivity index (χ3v) is 2.44. The topological polar surface area (TPSA) is 122 Å². The fraction of sp³-hybridized carbons (Fsp3) is 0.357. The molecular weight excluding hydrogens is 330 g/mol. The molecule has 0 fully saturated rings. The van der Waals surface area contributed by atoms with Crippen molar-refractivity contribution in [1.29, 1.82) is 0 Å². The van der Waals surface area contributed by atoms with Crippen molar-refractivity contribution in [3.63, 3.8) is 0 Å². The lowest BCUT2D eigenvalue weighted by molar-refractivity contribution is -0.159. The fourth-order valence-electron chi connectivity index (χ4n) is 1.29. The lowest BCUT2D eigenvalue weighted by Crippen LogP contribution is -2.38. The molecule has 0 radical (unpaired) electrons. The van der Waals surface area contributed by atoms with Crippen LogP contribution in [0, 0.1) is 0 Å². The molecule has 0 bridgehead atoms. The van der Waals surface area contributed by atoms with Crippen molar-refractivity contribution >= 4 is 29.4 Å². The van der Waals surface area contributed by atoms with Gasteiger partial charge in [-0.05, 0) is 31.2 Å². The molecule has 9 heteroatoms. The highest BCUT2D eigenvalue weighted by Gasteiger charge is 2.07. The first-order chi connectivity index (χ1) is 10.8. The molecule has 1 atom stereocenters. The molecule has 23 heavy (non-hydrogen) atoms. The summed E-state index contributed by atoms with van der Waals surface area (Å²) in [6, 6.07) is 6.83. The summed E-state index contributed by atoms with van der Waals surface area (Å²) < 4.78 is 10.2. The van der Waals surface area contributed by atoms with Crippen LogP contribution in [-0.4, -0.2) is 54.4 Å². The first-order valence-corrected chi connectivity index (χ1v) is 6.77. The maximum atomic E-state index is 11.5. The van der Waals surface area contributed by atoms with Crippen LogP contribution >= 0.6 is 11.6 Å². The number of nitrogens with one attached hydrogen (secondary N) is 1. The number of amides is 1. The van der Waals surface area contributed by atoms with Crippen LogP contribution in [0.15, 0.2) is 24.3 Å². The number of carboxylic acids is 2. The van der Waals surface area contributed by atoms with Gasteiger partial charge in [-0.3, -0.25) is 4.79 Å². The molecule has 0 saturated carbocycles. The van der Waals surface area contributed by atoms with E-state index in [1.165, 1.54) is 0 Å². The Bertz CT molecular complexity index is 506. The number of carbonyl (C=O) groups excluding carboxylic acids is 1. The third-order valence-electron chi connectivity index (χ3n) is 2.19. The van der Waals surface area contributed by atoms with E-state index in [4.69, 9.17) is 40.9 Å². The van der Waals surface area contributed by atoms with E-state index in [1.807, 2.05) is 6.92 Å². The van der Waals surface area contributed by atoms with Crippen molar-refractivity contribution in [2.45, 2.75) is 13.0 Å². The number of hydrogen-bond donors (Lipinski definition) is 3. The van der Waals surface area contributed by atoms with E-state index in [2.05, 4.69) is 5.32 Å². The van der Waals surface area contributed by atoms with Crippen LogP contribution in [0.1, 0.15) is 6.92 Å². The normalized spacial score (nSPS) is 10.7. The highest BCUT2D eigenvalue weighted by atomic mass is 35.5. The summed E-state index contributed by atoms with van der Waals surface area (Å²) in [6.45, 7) is 2.33. The number of benzene rings is 1. The molecule has 0 spiro atoms. The fourth-order valence-corrected chi connectivity index (χ4v) is 1.41. The van der Waals surface area contributed by atoms with Gasteiger partial charge in [0.05, 0.1) is 6.61 Å². The smallest absolute Gasteiger partial charge is 0.414 e. The standard InChI is InChI=1S/C12H16ClNO3.C2H2O4/c1-9(7-16-2)14-12(15)8-17-11-5-3-10(13)4-6-11;3-1(4)2(5)6/h3-6,9H,7-8H2,1-2H3,(H,14,15);(H,3,4)(H,5,6). The summed E-state index contributed by atoms with van der Waals surface area (Å²) in [7, 11) is 1.59. The summed E-state index contributed by atoms with van der Waals surface area (Å²) in [5.41, 5.74) is 0. The van der Waals surface area contributed by atoms with E-state index < -0.39 is 11.9 Å². The molecule has 1 rings (SSSR count). The number of hydrogen-bond acceptors (Lipinski definition) is 5. The summed E-state index contributed by atoms with van der Waals surface area (Å²) in [5.74, 6) is -3.21. The molecule has 0 heterocycles. The number of halogens is 1. The Hall–Kier alpha value is -2.32. The Morgan fingerprint density at radius 2 is 1.70 bits per heavy atom. The summed E-state index contributed by atoms with van der Waals surface area (Å²) in [6.07, 6.45) is 0. The van der Waals surface area contributed by atoms with Crippen molar-refractivity contribution in [2.75, 3.05) is 20.3 Å². The van der Waals surface area contributed by atoms with E-state index >= 15 is 0 Å². The molecule has 3 N–H and O–H groups in total. The summed E-state index contributed by atoms with van der Waals surface area (Å²) >= 11 is 5.73. The minimum Gasteiger partial charge on any atom is -0.484 e. The molecule has 0 saturated heterocycles. The van der Waals surface area contributed by atoms with Crippen molar-refractivity contribution in [3.05, 3.63) is 29.3 Å². The molecule has 1 unspecified atom stereocenters. The average Bonchev–Trinajstić information content (AvgIpc) is 2.47. The number of methoxy groups -OCH3 is 1. The van der Waals surface area contributed by atoms with Gasteiger partial charge in [-0.2, -0.15) is 0 Å². The van der Waals surface area contributed by atoms with Gasteiger partial charge in [0.25, 0.3) is 5.91 Å². The SMILES string of the molecule is COCC(C)NC(=O)COc1ccc(Cl)cc1.O=C(O)C(=O)O. The van der Waals surface area contributed by atoms with Gasteiger partial charge in [-0.25, -0.2) is 9.59 Å². The predicted octanol–water partition coefficient (Wildman–Crippen LogP) is 1.03. The molecule has 1 aromatic rings. The minimum atomic E-state index is -1.82. The highest BCUT2D eigenvalue weighted by Crippen LogP contribution is 2.15. The number of carbonyl (C=O) groups is 3. The van der Waals surface area contributed by atoms with Crippen LogP contribution in [-0.2, 0) is 19.1 Å². The van der Waals surface area contributed by atoms with Crippen LogP contribution in [0.2, 0.25) is 5.02 Å². The predicted molar refractivity (Wildman–Crippen MR) is 81.7 cm³/mol. The molecule has 128 valence electrons. The van der Waals surface area contributed by atoms with Crippen molar-refractivity contribution in [3.8, 4) is 5.75 Å². The second-order valence-corrected chi connectivity index (χ2v) is 4.71. The van der Waals surface area contributed by atoms with Crippen molar-refractivity contribution in [2.24, 2.45) is 0 Å². The van der Waals surface area contributed by atoms with Crippen LogP contribution in [0.5, 0.6) is 5.75 Å². The first-order valence-electron chi connectivity index (χ1n) is 6.39. The second-order valence-electron chi connectivity index (χ2n) is 4.28. The van der Waals surface area contributed by atoms with E-state index in [1.54, 1.807) is 31.4 Å². The Balaban J connectivity index is 0.000000688. The molecule has 0 aliphatic rings. The van der Waals surface area contributed by atoms with E-state index in [-0.39, 0.29) is 18.6 Å². The van der Waals surface area contributed by atoms with E-state index in [9.17, 15) is 4.79 Å². The Morgan fingerprint density at radius 1 is 1.17 bits per heavy atom. The maximum absolute atomic E-state index is 11.5. The largest absolute Gasteiger partial charge is 0.484 e. The van der Waals surface area contributed by atoms with Gasteiger partial charge in [-0.15, -0.1) is 0 Å². The van der Waals surface area contributed by atoms with E-state index in [0.717, 1.165) is 0 Å². The van der Waals surface area contributed by atoms with Crippen LogP contribution in [0.25, 0.3) is 0 Å². The molecule has 0 aliphatic heterocycles. The lowest BCUT2D eigenvalue weighted by atomic mass is 10.3. The minimum absolute atomic E-state index is 0.0182. The van der Waals surface area contributed by atoms with Gasteiger partial charge >= 0.3 is 11.9 Å². The van der Waals surface area contributed by atoms with Crippen molar-refractivity contribution in [1.82, 2.24) is 5.32 Å². The Morgan fingerprint density at radius 3 is 2.13 bits per heavy atom. The van der Waals surface area contributed by atoms with Gasteiger partial charge in [0.2, 0.25) is 0 Å². The maximum Gasteiger partial charge on any atom is 0.414 e. The highest BCUT2D eigenvalue weighted by molar-refractivity contribution is 6.30. The zero-order chi connectivity index (χ0) is 17.8. The zero-order valence-electron chi connectivity index (χ0n) is 12.6. The van der Waals surface area contributed by atoms with Crippen molar-refractivity contribution < 1.29 is 34.1 Å². The monoisotopic (exact) mass is 347 g/mol. The number of ether oxygens (including phenoxy) is 2. The molecular formula is C14H18ClNO7. The van der Waals surface area contributed by atoms with Crippen LogP contribution < -0.4 is 10.1 Å². The zero-order valence-corrected chi connectivity index (χ0v) is 13.4.